The van der Waals surface area contributed by atoms with Gasteiger partial charge >= 0.3 is 6.03 Å². The van der Waals surface area contributed by atoms with Crippen LogP contribution in [0, 0.1) is 11.6 Å². The summed E-state index contributed by atoms with van der Waals surface area (Å²) in [5.74, 6) is -1.46. The summed E-state index contributed by atoms with van der Waals surface area (Å²) in [5, 5.41) is 15.5. The highest BCUT2D eigenvalue weighted by Gasteiger charge is 2.14. The Hall–Kier alpha value is -3.40. The van der Waals surface area contributed by atoms with Crippen molar-refractivity contribution in [1.82, 2.24) is 15.5 Å². The van der Waals surface area contributed by atoms with Gasteiger partial charge in [0.05, 0.1) is 12.2 Å². The molecule has 3 aromatic rings. The van der Waals surface area contributed by atoms with E-state index in [4.69, 9.17) is 0 Å². The van der Waals surface area contributed by atoms with Gasteiger partial charge in [-0.3, -0.25) is 4.79 Å². The van der Waals surface area contributed by atoms with Crippen molar-refractivity contribution in [3.05, 3.63) is 70.2 Å². The number of aromatic nitrogens is 2. The molecule has 0 aliphatic heterocycles. The van der Waals surface area contributed by atoms with Crippen LogP contribution in [-0.2, 0) is 6.54 Å². The average molecular weight is 389 g/mol. The molecule has 3 rings (SSSR count). The van der Waals surface area contributed by atoms with E-state index in [1.165, 1.54) is 42.5 Å². The summed E-state index contributed by atoms with van der Waals surface area (Å²) >= 11 is 0.990. The summed E-state index contributed by atoms with van der Waals surface area (Å²) < 4.78 is 26.3. The minimum Gasteiger partial charge on any atom is -0.331 e. The van der Waals surface area contributed by atoms with Gasteiger partial charge in [-0.25, -0.2) is 13.6 Å². The third kappa shape index (κ3) is 5.05. The zero-order valence-electron chi connectivity index (χ0n) is 13.7. The molecule has 0 fully saturated rings. The minimum absolute atomic E-state index is 0.0157. The topological polar surface area (TPSA) is 96.0 Å². The lowest BCUT2D eigenvalue weighted by atomic mass is 10.3. The van der Waals surface area contributed by atoms with Gasteiger partial charge in [0.1, 0.15) is 16.6 Å². The molecule has 1 aromatic heterocycles. The largest absolute Gasteiger partial charge is 0.331 e. The number of hydrogen-bond acceptors (Lipinski definition) is 5. The van der Waals surface area contributed by atoms with Gasteiger partial charge in [0.25, 0.3) is 5.91 Å². The van der Waals surface area contributed by atoms with Crippen LogP contribution in [0.4, 0.5) is 25.0 Å². The van der Waals surface area contributed by atoms with Gasteiger partial charge in [-0.05, 0) is 36.4 Å². The van der Waals surface area contributed by atoms with Gasteiger partial charge in [0.2, 0.25) is 5.01 Å². The first-order chi connectivity index (χ1) is 13.0. The molecule has 10 heteroatoms. The van der Waals surface area contributed by atoms with E-state index < -0.39 is 23.6 Å². The SMILES string of the molecule is O=C(NCc1nnc(C(=O)Nc2ccc(F)cc2)s1)Nc1ccccc1F. The van der Waals surface area contributed by atoms with Gasteiger partial charge in [0, 0.05) is 5.69 Å². The van der Waals surface area contributed by atoms with Crippen LogP contribution in [0.1, 0.15) is 14.8 Å². The maximum absolute atomic E-state index is 13.5. The molecule has 27 heavy (non-hydrogen) atoms. The Balaban J connectivity index is 1.53. The van der Waals surface area contributed by atoms with Crippen molar-refractivity contribution in [2.75, 3.05) is 10.6 Å². The Bertz CT molecular complexity index is 962. The number of para-hydroxylation sites is 1. The maximum Gasteiger partial charge on any atom is 0.319 e. The number of rotatable bonds is 5. The van der Waals surface area contributed by atoms with Gasteiger partial charge in [-0.1, -0.05) is 23.5 Å². The summed E-state index contributed by atoms with van der Waals surface area (Å²) in [7, 11) is 0. The molecule has 0 saturated heterocycles. The second-order valence-electron chi connectivity index (χ2n) is 5.25. The van der Waals surface area contributed by atoms with Crippen LogP contribution in [0.25, 0.3) is 0 Å². The number of carbonyl (C=O) groups is 2. The minimum atomic E-state index is -0.618. The molecule has 1 heterocycles. The second kappa shape index (κ2) is 8.32. The highest BCUT2D eigenvalue weighted by atomic mass is 32.1. The summed E-state index contributed by atoms with van der Waals surface area (Å²) in [6.45, 7) is 0.0157. The monoisotopic (exact) mass is 389 g/mol. The molecule has 3 N–H and O–H groups in total. The number of halogens is 2. The van der Waals surface area contributed by atoms with Crippen molar-refractivity contribution in [3.63, 3.8) is 0 Å². The first-order valence-corrected chi connectivity index (χ1v) is 8.51. The van der Waals surface area contributed by atoms with Crippen molar-refractivity contribution in [3.8, 4) is 0 Å². The van der Waals surface area contributed by atoms with E-state index in [0.717, 1.165) is 11.3 Å². The van der Waals surface area contributed by atoms with Crippen LogP contribution in [0.5, 0.6) is 0 Å². The molecule has 138 valence electrons. The van der Waals surface area contributed by atoms with Crippen LogP contribution in [0.3, 0.4) is 0 Å². The predicted molar refractivity (Wildman–Crippen MR) is 96.5 cm³/mol. The number of amides is 3. The normalized spacial score (nSPS) is 10.3. The third-order valence-electron chi connectivity index (χ3n) is 3.29. The Kier molecular flexibility index (Phi) is 5.67. The van der Waals surface area contributed by atoms with Crippen molar-refractivity contribution in [2.24, 2.45) is 0 Å². The van der Waals surface area contributed by atoms with Crippen molar-refractivity contribution >= 4 is 34.6 Å². The fraction of sp³-hybridized carbons (Fsp3) is 0.0588. The molecule has 0 atom stereocenters. The van der Waals surface area contributed by atoms with Crippen LogP contribution >= 0.6 is 11.3 Å². The number of anilines is 2. The van der Waals surface area contributed by atoms with E-state index in [2.05, 4.69) is 26.1 Å². The van der Waals surface area contributed by atoms with Crippen molar-refractivity contribution < 1.29 is 18.4 Å². The van der Waals surface area contributed by atoms with Gasteiger partial charge in [0.15, 0.2) is 0 Å². The van der Waals surface area contributed by atoms with E-state index in [1.54, 1.807) is 6.07 Å². The lowest BCUT2D eigenvalue weighted by molar-refractivity contribution is 0.102. The zero-order valence-corrected chi connectivity index (χ0v) is 14.5. The third-order valence-corrected chi connectivity index (χ3v) is 4.21. The lowest BCUT2D eigenvalue weighted by Gasteiger charge is -2.06. The number of carbonyl (C=O) groups excluding carboxylic acids is 2. The number of nitrogens with zero attached hydrogens (tertiary/aromatic N) is 2. The zero-order chi connectivity index (χ0) is 19.2. The van der Waals surface area contributed by atoms with E-state index in [9.17, 15) is 18.4 Å². The first-order valence-electron chi connectivity index (χ1n) is 7.70. The fourth-order valence-electron chi connectivity index (χ4n) is 2.02. The standard InChI is InChI=1S/C17H13F2N5O2S/c18-10-5-7-11(8-6-10)21-15(25)16-24-23-14(27-16)9-20-17(26)22-13-4-2-1-3-12(13)19/h1-8H,9H2,(H,21,25)(H2,20,22,26). The maximum atomic E-state index is 13.5. The average Bonchev–Trinajstić information content (AvgIpc) is 3.13. The Labute approximate surface area is 156 Å². The Morgan fingerprint density at radius 1 is 0.963 bits per heavy atom. The second-order valence-corrected chi connectivity index (χ2v) is 6.31. The summed E-state index contributed by atoms with van der Waals surface area (Å²) in [6.07, 6.45) is 0. The Morgan fingerprint density at radius 2 is 1.70 bits per heavy atom. The molecule has 0 radical (unpaired) electrons. The molecular formula is C17H13F2N5O2S. The lowest BCUT2D eigenvalue weighted by Crippen LogP contribution is -2.28. The molecule has 0 spiro atoms. The summed E-state index contributed by atoms with van der Waals surface area (Å²) in [5.41, 5.74) is 0.465. The highest BCUT2D eigenvalue weighted by molar-refractivity contribution is 7.13. The molecule has 0 aliphatic rings. The number of urea groups is 1. The molecule has 0 unspecified atom stereocenters. The summed E-state index contributed by atoms with van der Waals surface area (Å²) in [4.78, 5) is 23.9. The first kappa shape index (κ1) is 18.4. The van der Waals surface area contributed by atoms with Crippen LogP contribution in [0.2, 0.25) is 0 Å². The molecular weight excluding hydrogens is 376 g/mol. The van der Waals surface area contributed by atoms with Crippen molar-refractivity contribution in [1.29, 1.82) is 0 Å². The molecule has 3 amide bonds. The number of hydrogen-bond donors (Lipinski definition) is 3. The van der Waals surface area contributed by atoms with Crippen LogP contribution in [0.15, 0.2) is 48.5 Å². The fourth-order valence-corrected chi connectivity index (χ4v) is 2.69. The Morgan fingerprint density at radius 3 is 2.44 bits per heavy atom. The predicted octanol–water partition coefficient (Wildman–Crippen LogP) is 3.39. The number of nitrogens with one attached hydrogen (secondary N) is 3. The van der Waals surface area contributed by atoms with Gasteiger partial charge < -0.3 is 16.0 Å². The highest BCUT2D eigenvalue weighted by Crippen LogP contribution is 2.15. The van der Waals surface area contributed by atoms with Crippen LogP contribution in [-0.4, -0.2) is 22.1 Å². The molecule has 7 nitrogen and oxygen atoms in total. The summed E-state index contributed by atoms with van der Waals surface area (Å²) in [6, 6.07) is 10.4. The molecule has 0 saturated carbocycles. The van der Waals surface area contributed by atoms with Gasteiger partial charge in [-0.2, -0.15) is 0 Å². The quantitative estimate of drug-likeness (QED) is 0.623. The molecule has 0 aliphatic carbocycles. The van der Waals surface area contributed by atoms with Crippen molar-refractivity contribution in [2.45, 2.75) is 6.54 Å². The number of benzene rings is 2. The molecule has 2 aromatic carbocycles. The van der Waals surface area contributed by atoms with E-state index in [1.807, 2.05) is 0 Å². The van der Waals surface area contributed by atoms with Gasteiger partial charge in [-0.15, -0.1) is 10.2 Å². The van der Waals surface area contributed by atoms with Crippen LogP contribution < -0.4 is 16.0 Å². The van der Waals surface area contributed by atoms with E-state index >= 15 is 0 Å². The van der Waals surface area contributed by atoms with E-state index in [0.29, 0.717) is 10.7 Å². The smallest absolute Gasteiger partial charge is 0.319 e. The molecule has 0 bridgehead atoms. The van der Waals surface area contributed by atoms with E-state index in [-0.39, 0.29) is 17.2 Å².